The van der Waals surface area contributed by atoms with Gasteiger partial charge in [0.05, 0.1) is 25.7 Å². The third-order valence-corrected chi connectivity index (χ3v) is 6.17. The van der Waals surface area contributed by atoms with E-state index in [1.807, 2.05) is 6.07 Å². The summed E-state index contributed by atoms with van der Waals surface area (Å²) in [7, 11) is 1.57. The highest BCUT2D eigenvalue weighted by molar-refractivity contribution is 5.76. The van der Waals surface area contributed by atoms with Crippen LogP contribution in [0.2, 0.25) is 0 Å². The molecule has 0 radical (unpaired) electrons. The Morgan fingerprint density at radius 3 is 2.78 bits per heavy atom. The monoisotopic (exact) mass is 375 g/mol. The maximum Gasteiger partial charge on any atom is 0.225 e. The Kier molecular flexibility index (Phi) is 5.08. The van der Waals surface area contributed by atoms with Crippen molar-refractivity contribution in [3.05, 3.63) is 6.07 Å². The number of piperidine rings is 1. The number of nitrogen functional groups attached to an aromatic ring is 1. The van der Waals surface area contributed by atoms with Gasteiger partial charge in [-0.3, -0.25) is 4.79 Å². The Morgan fingerprint density at radius 1 is 1.33 bits per heavy atom. The standard InChI is InChI=1S/C19H29N5O3/c1-26-16-11-15(21-18(20)22-16)23-8-6-19(7-9-23)13-24(12-14-3-2-4-14)17(25)5-10-27-19/h11,14H,2-10,12-13H2,1H3,(H2,20,21,22). The minimum Gasteiger partial charge on any atom is -0.481 e. The topological polar surface area (TPSA) is 93.8 Å². The van der Waals surface area contributed by atoms with Gasteiger partial charge in [0, 0.05) is 32.2 Å². The molecule has 1 aromatic heterocycles. The average molecular weight is 375 g/mol. The molecule has 8 heteroatoms. The van der Waals surface area contributed by atoms with Crippen molar-refractivity contribution in [2.24, 2.45) is 5.92 Å². The van der Waals surface area contributed by atoms with Crippen LogP contribution in [0.4, 0.5) is 11.8 Å². The number of hydrogen-bond acceptors (Lipinski definition) is 7. The Labute approximate surface area is 160 Å². The summed E-state index contributed by atoms with van der Waals surface area (Å²) >= 11 is 0. The minimum absolute atomic E-state index is 0.215. The van der Waals surface area contributed by atoms with Crippen molar-refractivity contribution in [1.82, 2.24) is 14.9 Å². The summed E-state index contributed by atoms with van der Waals surface area (Å²) < 4.78 is 11.5. The zero-order chi connectivity index (χ0) is 18.9. The van der Waals surface area contributed by atoms with Gasteiger partial charge in [0.1, 0.15) is 5.82 Å². The number of amides is 1. The Morgan fingerprint density at radius 2 is 2.11 bits per heavy atom. The van der Waals surface area contributed by atoms with E-state index in [1.165, 1.54) is 19.3 Å². The van der Waals surface area contributed by atoms with E-state index in [2.05, 4.69) is 19.8 Å². The lowest BCUT2D eigenvalue weighted by Crippen LogP contribution is -2.53. The van der Waals surface area contributed by atoms with Gasteiger partial charge < -0.3 is 25.0 Å². The molecule has 1 amide bonds. The predicted molar refractivity (Wildman–Crippen MR) is 102 cm³/mol. The van der Waals surface area contributed by atoms with Gasteiger partial charge in [0.15, 0.2) is 0 Å². The normalized spacial score (nSPS) is 23.2. The number of carbonyl (C=O) groups is 1. The van der Waals surface area contributed by atoms with Crippen molar-refractivity contribution < 1.29 is 14.3 Å². The number of hydrogen-bond donors (Lipinski definition) is 1. The zero-order valence-corrected chi connectivity index (χ0v) is 16.0. The van der Waals surface area contributed by atoms with Gasteiger partial charge in [-0.1, -0.05) is 6.42 Å². The summed E-state index contributed by atoms with van der Waals surface area (Å²) in [6, 6.07) is 1.81. The molecule has 3 aliphatic rings. The van der Waals surface area contributed by atoms with Crippen molar-refractivity contribution in [3.63, 3.8) is 0 Å². The smallest absolute Gasteiger partial charge is 0.225 e. The van der Waals surface area contributed by atoms with E-state index in [0.29, 0.717) is 31.4 Å². The first kappa shape index (κ1) is 18.3. The molecule has 3 fully saturated rings. The second-order valence-electron chi connectivity index (χ2n) is 7.97. The zero-order valence-electron chi connectivity index (χ0n) is 16.0. The van der Waals surface area contributed by atoms with Crippen molar-refractivity contribution in [2.45, 2.75) is 44.1 Å². The van der Waals surface area contributed by atoms with Crippen LogP contribution in [0, 0.1) is 5.92 Å². The SMILES string of the molecule is COc1cc(N2CCC3(CC2)CN(CC2CCC2)C(=O)CCO3)nc(N)n1. The lowest BCUT2D eigenvalue weighted by Gasteiger charge is -2.43. The molecule has 8 nitrogen and oxygen atoms in total. The first-order valence-corrected chi connectivity index (χ1v) is 9.92. The fourth-order valence-electron chi connectivity index (χ4n) is 4.29. The molecule has 148 valence electrons. The number of aromatic nitrogens is 2. The van der Waals surface area contributed by atoms with E-state index in [0.717, 1.165) is 38.3 Å². The van der Waals surface area contributed by atoms with Crippen LogP contribution in [0.25, 0.3) is 0 Å². The first-order chi connectivity index (χ1) is 13.1. The molecule has 2 aliphatic heterocycles. The van der Waals surface area contributed by atoms with E-state index in [-0.39, 0.29) is 17.5 Å². The fourth-order valence-corrected chi connectivity index (χ4v) is 4.29. The molecule has 3 heterocycles. The highest BCUT2D eigenvalue weighted by atomic mass is 16.5. The van der Waals surface area contributed by atoms with E-state index in [4.69, 9.17) is 15.2 Å². The van der Waals surface area contributed by atoms with Crippen LogP contribution in [-0.2, 0) is 9.53 Å². The molecule has 27 heavy (non-hydrogen) atoms. The number of nitrogens with zero attached hydrogens (tertiary/aromatic N) is 4. The van der Waals surface area contributed by atoms with E-state index in [9.17, 15) is 4.79 Å². The van der Waals surface area contributed by atoms with Crippen LogP contribution in [0.3, 0.4) is 0 Å². The van der Waals surface area contributed by atoms with Crippen molar-refractivity contribution in [1.29, 1.82) is 0 Å². The maximum atomic E-state index is 12.5. The molecule has 1 spiro atoms. The lowest BCUT2D eigenvalue weighted by molar-refractivity contribution is -0.132. The average Bonchev–Trinajstić information content (AvgIpc) is 2.77. The summed E-state index contributed by atoms with van der Waals surface area (Å²) in [4.78, 5) is 25.2. The molecule has 0 bridgehead atoms. The summed E-state index contributed by atoms with van der Waals surface area (Å²) in [5.74, 6) is 2.40. The molecule has 2 saturated heterocycles. The summed E-state index contributed by atoms with van der Waals surface area (Å²) in [5, 5.41) is 0. The van der Waals surface area contributed by atoms with E-state index >= 15 is 0 Å². The number of carbonyl (C=O) groups excluding carboxylic acids is 1. The van der Waals surface area contributed by atoms with Crippen LogP contribution in [0.15, 0.2) is 6.07 Å². The molecule has 4 rings (SSSR count). The summed E-state index contributed by atoms with van der Waals surface area (Å²) in [6.45, 7) is 3.75. The van der Waals surface area contributed by atoms with Crippen LogP contribution in [0.5, 0.6) is 5.88 Å². The maximum absolute atomic E-state index is 12.5. The van der Waals surface area contributed by atoms with E-state index < -0.39 is 0 Å². The molecule has 1 aromatic rings. The van der Waals surface area contributed by atoms with Crippen LogP contribution >= 0.6 is 0 Å². The molecular weight excluding hydrogens is 346 g/mol. The van der Waals surface area contributed by atoms with Gasteiger partial charge in [-0.25, -0.2) is 0 Å². The van der Waals surface area contributed by atoms with Gasteiger partial charge in [0.2, 0.25) is 17.7 Å². The molecule has 2 N–H and O–H groups in total. The highest BCUT2D eigenvalue weighted by Gasteiger charge is 2.41. The third kappa shape index (κ3) is 3.95. The second-order valence-corrected chi connectivity index (χ2v) is 7.97. The van der Waals surface area contributed by atoms with Crippen LogP contribution in [-0.4, -0.2) is 66.3 Å². The molecule has 1 aliphatic carbocycles. The van der Waals surface area contributed by atoms with Gasteiger partial charge in [-0.2, -0.15) is 9.97 Å². The number of rotatable bonds is 4. The molecule has 0 aromatic carbocycles. The minimum atomic E-state index is -0.241. The van der Waals surface area contributed by atoms with Gasteiger partial charge in [-0.15, -0.1) is 0 Å². The van der Waals surface area contributed by atoms with Crippen LogP contribution < -0.4 is 15.4 Å². The Balaban J connectivity index is 1.43. The van der Waals surface area contributed by atoms with Crippen LogP contribution in [0.1, 0.15) is 38.5 Å². The molecular formula is C19H29N5O3. The lowest BCUT2D eigenvalue weighted by atomic mass is 9.84. The second kappa shape index (κ2) is 7.50. The number of nitrogens with two attached hydrogens (primary N) is 1. The number of anilines is 2. The number of methoxy groups -OCH3 is 1. The first-order valence-electron chi connectivity index (χ1n) is 9.92. The fraction of sp³-hybridized carbons (Fsp3) is 0.737. The van der Waals surface area contributed by atoms with Gasteiger partial charge in [0.25, 0.3) is 0 Å². The van der Waals surface area contributed by atoms with Gasteiger partial charge >= 0.3 is 0 Å². The quantitative estimate of drug-likeness (QED) is 0.851. The third-order valence-electron chi connectivity index (χ3n) is 6.17. The number of ether oxygens (including phenoxy) is 2. The van der Waals surface area contributed by atoms with Gasteiger partial charge in [-0.05, 0) is 31.6 Å². The highest BCUT2D eigenvalue weighted by Crippen LogP contribution is 2.34. The summed E-state index contributed by atoms with van der Waals surface area (Å²) in [6.07, 6.45) is 6.04. The summed E-state index contributed by atoms with van der Waals surface area (Å²) in [5.41, 5.74) is 5.56. The largest absolute Gasteiger partial charge is 0.481 e. The Bertz CT molecular complexity index is 686. The Hall–Kier alpha value is -2.09. The molecule has 0 atom stereocenters. The molecule has 0 unspecified atom stereocenters. The van der Waals surface area contributed by atoms with Crippen molar-refractivity contribution in [3.8, 4) is 5.88 Å². The van der Waals surface area contributed by atoms with E-state index in [1.54, 1.807) is 7.11 Å². The van der Waals surface area contributed by atoms with Crippen molar-refractivity contribution in [2.75, 3.05) is 50.5 Å². The predicted octanol–water partition coefficient (Wildman–Crippen LogP) is 1.46. The molecule has 1 saturated carbocycles. The van der Waals surface area contributed by atoms with Crippen molar-refractivity contribution >= 4 is 17.7 Å².